The largest absolute Gasteiger partial charge is 0.368 e. The monoisotopic (exact) mass is 220 g/mol. The first-order chi connectivity index (χ1) is 7.27. The Bertz CT molecular complexity index is 449. The zero-order valence-electron chi connectivity index (χ0n) is 8.57. The number of fused-ring (bicyclic) bond motifs is 1. The molecule has 0 aliphatic heterocycles. The van der Waals surface area contributed by atoms with E-state index < -0.39 is 0 Å². The summed E-state index contributed by atoms with van der Waals surface area (Å²) < 4.78 is 0. The number of hydrogen-bond donors (Lipinski definition) is 1. The summed E-state index contributed by atoms with van der Waals surface area (Å²) in [5.74, 6) is 0.903. The summed E-state index contributed by atoms with van der Waals surface area (Å²) in [4.78, 5) is 4.31. The zero-order chi connectivity index (χ0) is 10.7. The fourth-order valence-corrected chi connectivity index (χ4v) is 1.57. The number of anilines is 1. The van der Waals surface area contributed by atoms with Crippen LogP contribution in [0.25, 0.3) is 10.8 Å². The van der Waals surface area contributed by atoms with Crippen LogP contribution in [-0.2, 0) is 0 Å². The van der Waals surface area contributed by atoms with Gasteiger partial charge in [0, 0.05) is 23.5 Å². The molecule has 2 nitrogen and oxygen atoms in total. The van der Waals surface area contributed by atoms with Crippen LogP contribution in [0.2, 0.25) is 0 Å². The van der Waals surface area contributed by atoms with E-state index in [0.29, 0.717) is 0 Å². The maximum absolute atomic E-state index is 5.89. The number of benzene rings is 1. The van der Waals surface area contributed by atoms with E-state index in [1.807, 2.05) is 31.3 Å². The molecule has 78 valence electrons. The van der Waals surface area contributed by atoms with Crippen molar-refractivity contribution in [2.75, 3.05) is 11.9 Å². The Hall–Kier alpha value is -1.28. The Morgan fingerprint density at radius 3 is 2.93 bits per heavy atom. The number of hydrogen-bond acceptors (Lipinski definition) is 2. The molecule has 0 saturated carbocycles. The van der Waals surface area contributed by atoms with Gasteiger partial charge in [-0.3, -0.25) is 0 Å². The Labute approximate surface area is 94.3 Å². The third-order valence-corrected chi connectivity index (χ3v) is 2.38. The van der Waals surface area contributed by atoms with Gasteiger partial charge >= 0.3 is 0 Å². The van der Waals surface area contributed by atoms with Gasteiger partial charge in [0.25, 0.3) is 0 Å². The number of aromatic nitrogens is 1. The van der Waals surface area contributed by atoms with E-state index in [-0.39, 0.29) is 5.38 Å². The normalized spacial score (nSPS) is 12.7. The van der Waals surface area contributed by atoms with Gasteiger partial charge in [-0.15, -0.1) is 11.6 Å². The molecule has 2 rings (SSSR count). The van der Waals surface area contributed by atoms with Gasteiger partial charge in [0.15, 0.2) is 0 Å². The molecule has 0 fully saturated rings. The first kappa shape index (κ1) is 10.2. The molecule has 1 N–H and O–H groups in total. The molecule has 0 radical (unpaired) electrons. The summed E-state index contributed by atoms with van der Waals surface area (Å²) in [6.07, 6.45) is 1.81. The molecule has 0 amide bonds. The van der Waals surface area contributed by atoms with Crippen molar-refractivity contribution in [3.8, 4) is 0 Å². The topological polar surface area (TPSA) is 24.9 Å². The molecule has 0 saturated heterocycles. The molecule has 1 aromatic carbocycles. The van der Waals surface area contributed by atoms with Crippen LogP contribution in [0, 0.1) is 0 Å². The van der Waals surface area contributed by atoms with Crippen molar-refractivity contribution in [2.45, 2.75) is 12.3 Å². The van der Waals surface area contributed by atoms with Crippen LogP contribution in [0.1, 0.15) is 6.92 Å². The summed E-state index contributed by atoms with van der Waals surface area (Å²) in [5.41, 5.74) is 0. The lowest BCUT2D eigenvalue weighted by atomic mass is 10.1. The minimum absolute atomic E-state index is 0.103. The number of rotatable bonds is 3. The van der Waals surface area contributed by atoms with Crippen LogP contribution in [0.15, 0.2) is 36.5 Å². The van der Waals surface area contributed by atoms with E-state index in [9.17, 15) is 0 Å². The number of nitrogens with one attached hydrogen (secondary N) is 1. The minimum Gasteiger partial charge on any atom is -0.368 e. The molecule has 0 spiro atoms. The van der Waals surface area contributed by atoms with Crippen molar-refractivity contribution in [2.24, 2.45) is 0 Å². The average molecular weight is 221 g/mol. The third-order valence-electron chi connectivity index (χ3n) is 2.22. The van der Waals surface area contributed by atoms with E-state index in [4.69, 9.17) is 11.6 Å². The smallest absolute Gasteiger partial charge is 0.133 e. The highest BCUT2D eigenvalue weighted by molar-refractivity contribution is 6.20. The predicted molar refractivity (Wildman–Crippen MR) is 65.5 cm³/mol. The van der Waals surface area contributed by atoms with Gasteiger partial charge in [-0.2, -0.15) is 0 Å². The Balaban J connectivity index is 2.34. The van der Waals surface area contributed by atoms with Gasteiger partial charge in [0.05, 0.1) is 0 Å². The van der Waals surface area contributed by atoms with Gasteiger partial charge in [0.1, 0.15) is 5.82 Å². The zero-order valence-corrected chi connectivity index (χ0v) is 9.33. The Morgan fingerprint density at radius 1 is 1.33 bits per heavy atom. The lowest BCUT2D eigenvalue weighted by Gasteiger charge is -2.09. The highest BCUT2D eigenvalue weighted by Gasteiger charge is 2.02. The van der Waals surface area contributed by atoms with Crippen LogP contribution in [-0.4, -0.2) is 16.9 Å². The quantitative estimate of drug-likeness (QED) is 0.804. The molecule has 0 aliphatic carbocycles. The highest BCUT2D eigenvalue weighted by Crippen LogP contribution is 2.20. The number of alkyl halides is 1. The number of nitrogens with zero attached hydrogens (tertiary/aromatic N) is 1. The first-order valence-corrected chi connectivity index (χ1v) is 5.42. The van der Waals surface area contributed by atoms with Gasteiger partial charge in [-0.25, -0.2) is 4.98 Å². The van der Waals surface area contributed by atoms with Gasteiger partial charge in [0.2, 0.25) is 0 Å². The maximum Gasteiger partial charge on any atom is 0.133 e. The van der Waals surface area contributed by atoms with Crippen molar-refractivity contribution in [1.29, 1.82) is 0 Å². The van der Waals surface area contributed by atoms with Crippen molar-refractivity contribution in [3.05, 3.63) is 36.5 Å². The SMILES string of the molecule is CC(Cl)CNc1nccc2ccccc12. The van der Waals surface area contributed by atoms with Crippen molar-refractivity contribution in [1.82, 2.24) is 4.98 Å². The first-order valence-electron chi connectivity index (χ1n) is 4.99. The molecule has 3 heteroatoms. The molecule has 1 atom stereocenters. The third kappa shape index (κ3) is 2.39. The minimum atomic E-state index is 0.103. The summed E-state index contributed by atoms with van der Waals surface area (Å²) in [6.45, 7) is 2.68. The molecular formula is C12H13ClN2. The van der Waals surface area contributed by atoms with Gasteiger partial charge in [-0.05, 0) is 18.4 Å². The molecule has 15 heavy (non-hydrogen) atoms. The summed E-state index contributed by atoms with van der Waals surface area (Å²) in [5, 5.41) is 5.67. The second-order valence-corrected chi connectivity index (χ2v) is 4.29. The molecular weight excluding hydrogens is 208 g/mol. The molecule has 1 heterocycles. The number of halogens is 1. The fourth-order valence-electron chi connectivity index (χ4n) is 1.50. The average Bonchev–Trinajstić information content (AvgIpc) is 2.26. The summed E-state index contributed by atoms with van der Waals surface area (Å²) in [6, 6.07) is 10.2. The summed E-state index contributed by atoms with van der Waals surface area (Å²) in [7, 11) is 0. The van der Waals surface area contributed by atoms with Crippen molar-refractivity contribution >= 4 is 28.2 Å². The van der Waals surface area contributed by atoms with Gasteiger partial charge < -0.3 is 5.32 Å². The van der Waals surface area contributed by atoms with Crippen LogP contribution in [0.3, 0.4) is 0 Å². The van der Waals surface area contributed by atoms with Crippen molar-refractivity contribution < 1.29 is 0 Å². The standard InChI is InChI=1S/C12H13ClN2/c1-9(13)8-15-12-11-5-3-2-4-10(11)6-7-14-12/h2-7,9H,8H2,1H3,(H,14,15). The highest BCUT2D eigenvalue weighted by atomic mass is 35.5. The van der Waals surface area contributed by atoms with Crippen LogP contribution < -0.4 is 5.32 Å². The molecule has 1 aromatic heterocycles. The lowest BCUT2D eigenvalue weighted by Crippen LogP contribution is -2.11. The lowest BCUT2D eigenvalue weighted by molar-refractivity contribution is 0.981. The van der Waals surface area contributed by atoms with Gasteiger partial charge in [-0.1, -0.05) is 24.3 Å². The number of pyridine rings is 1. The van der Waals surface area contributed by atoms with Crippen LogP contribution >= 0.6 is 11.6 Å². The van der Waals surface area contributed by atoms with E-state index in [1.165, 1.54) is 5.39 Å². The predicted octanol–water partition coefficient (Wildman–Crippen LogP) is 3.27. The molecule has 2 aromatic rings. The van der Waals surface area contributed by atoms with E-state index in [0.717, 1.165) is 17.7 Å². The maximum atomic E-state index is 5.89. The second kappa shape index (κ2) is 4.49. The molecule has 1 unspecified atom stereocenters. The molecule has 0 bridgehead atoms. The summed E-state index contributed by atoms with van der Waals surface area (Å²) >= 11 is 5.89. The van der Waals surface area contributed by atoms with E-state index >= 15 is 0 Å². The van der Waals surface area contributed by atoms with Crippen LogP contribution in [0.5, 0.6) is 0 Å². The van der Waals surface area contributed by atoms with E-state index in [1.54, 1.807) is 0 Å². The second-order valence-electron chi connectivity index (χ2n) is 3.54. The van der Waals surface area contributed by atoms with Crippen molar-refractivity contribution in [3.63, 3.8) is 0 Å². The van der Waals surface area contributed by atoms with E-state index in [2.05, 4.69) is 22.4 Å². The Morgan fingerprint density at radius 2 is 2.13 bits per heavy atom. The fraction of sp³-hybridized carbons (Fsp3) is 0.250. The molecule has 0 aliphatic rings. The Kier molecular flexibility index (Phi) is 3.07. The van der Waals surface area contributed by atoms with Crippen LogP contribution in [0.4, 0.5) is 5.82 Å².